The molecule has 0 radical (unpaired) electrons. The largest absolute Gasteiger partial charge is 0.368 e. The molecule has 3 aromatic rings. The monoisotopic (exact) mass is 438 g/mol. The van der Waals surface area contributed by atoms with Crippen molar-refractivity contribution in [3.63, 3.8) is 0 Å². The van der Waals surface area contributed by atoms with Gasteiger partial charge in [-0.3, -0.25) is 14.6 Å². The Morgan fingerprint density at radius 1 is 1.09 bits per heavy atom. The summed E-state index contributed by atoms with van der Waals surface area (Å²) in [6.45, 7) is 0. The van der Waals surface area contributed by atoms with Crippen molar-refractivity contribution < 1.29 is 14.0 Å². The fourth-order valence-electron chi connectivity index (χ4n) is 5.18. The average Bonchev–Trinajstić information content (AvgIpc) is 3.16. The molecule has 3 heterocycles. The maximum atomic E-state index is 14.0. The number of benzene rings is 2. The molecule has 33 heavy (non-hydrogen) atoms. The van der Waals surface area contributed by atoms with E-state index in [0.29, 0.717) is 22.4 Å². The Balaban J connectivity index is 1.81. The number of nitrogens with zero attached hydrogens (tertiary/aromatic N) is 3. The van der Waals surface area contributed by atoms with E-state index < -0.39 is 35.1 Å². The van der Waals surface area contributed by atoms with Crippen LogP contribution in [0.25, 0.3) is 6.08 Å². The molecular weight excluding hydrogens is 419 g/mol. The van der Waals surface area contributed by atoms with Crippen molar-refractivity contribution in [2.75, 3.05) is 4.90 Å². The van der Waals surface area contributed by atoms with E-state index in [1.807, 2.05) is 0 Å². The van der Waals surface area contributed by atoms with E-state index in [-0.39, 0.29) is 5.78 Å². The van der Waals surface area contributed by atoms with Crippen molar-refractivity contribution in [3.05, 3.63) is 102 Å². The van der Waals surface area contributed by atoms with Crippen molar-refractivity contribution in [1.29, 1.82) is 5.26 Å². The standard InChI is InChI=1S/C26H19FN4O2/c27-19-7-8-20-18(14-19)6-9-21-26(15-28,25(29)33)22(16-10-12-30-13-11-16)23(31(20)21)24(32)17-4-2-1-3-5-17/h1-14,21-23H,(H2,29,33)/t21-,22-,23-,26-/m1/s1. The molecule has 6 nitrogen and oxygen atoms in total. The lowest BCUT2D eigenvalue weighted by atomic mass is 9.67. The van der Waals surface area contributed by atoms with Crippen LogP contribution in [0.2, 0.25) is 0 Å². The zero-order valence-electron chi connectivity index (χ0n) is 17.4. The quantitative estimate of drug-likeness (QED) is 0.629. The number of ketones is 1. The summed E-state index contributed by atoms with van der Waals surface area (Å²) in [6.07, 6.45) is 6.45. The molecule has 1 saturated heterocycles. The third kappa shape index (κ3) is 2.95. The van der Waals surface area contributed by atoms with Crippen LogP contribution < -0.4 is 10.6 Å². The van der Waals surface area contributed by atoms with Gasteiger partial charge in [-0.2, -0.15) is 5.26 Å². The molecule has 7 heteroatoms. The summed E-state index contributed by atoms with van der Waals surface area (Å²) >= 11 is 0. The van der Waals surface area contributed by atoms with Gasteiger partial charge in [0, 0.05) is 35.1 Å². The van der Waals surface area contributed by atoms with E-state index in [1.165, 1.54) is 12.1 Å². The van der Waals surface area contributed by atoms with Gasteiger partial charge in [0.1, 0.15) is 11.9 Å². The van der Waals surface area contributed by atoms with Gasteiger partial charge in [0.25, 0.3) is 0 Å². The van der Waals surface area contributed by atoms with Crippen LogP contribution in [0.5, 0.6) is 0 Å². The molecule has 0 bridgehead atoms. The molecule has 162 valence electrons. The van der Waals surface area contributed by atoms with Crippen LogP contribution in [0.15, 0.2) is 79.1 Å². The lowest BCUT2D eigenvalue weighted by Gasteiger charge is -2.36. The number of pyridine rings is 1. The minimum absolute atomic E-state index is 0.258. The van der Waals surface area contributed by atoms with Gasteiger partial charge in [0.15, 0.2) is 11.2 Å². The number of Topliss-reactive ketones (excluding diaryl/α,β-unsaturated/α-hetero) is 1. The molecule has 4 atom stereocenters. The molecule has 2 aliphatic heterocycles. The normalized spacial score (nSPS) is 25.1. The van der Waals surface area contributed by atoms with E-state index in [2.05, 4.69) is 11.1 Å². The fraction of sp³-hybridized carbons (Fsp3) is 0.154. The molecule has 2 aromatic carbocycles. The van der Waals surface area contributed by atoms with Gasteiger partial charge in [0.2, 0.25) is 5.91 Å². The first-order valence-corrected chi connectivity index (χ1v) is 10.5. The highest BCUT2D eigenvalue weighted by molar-refractivity contribution is 6.06. The summed E-state index contributed by atoms with van der Waals surface area (Å²) in [7, 11) is 0. The summed E-state index contributed by atoms with van der Waals surface area (Å²) in [5.74, 6) is -2.37. The Hall–Kier alpha value is -4.31. The first-order chi connectivity index (χ1) is 16.0. The lowest BCUT2D eigenvalue weighted by Crippen LogP contribution is -2.49. The maximum Gasteiger partial charge on any atom is 0.241 e. The summed E-state index contributed by atoms with van der Waals surface area (Å²) in [4.78, 5) is 32.8. The minimum Gasteiger partial charge on any atom is -0.368 e. The highest BCUT2D eigenvalue weighted by atomic mass is 19.1. The van der Waals surface area contributed by atoms with Gasteiger partial charge in [-0.25, -0.2) is 4.39 Å². The van der Waals surface area contributed by atoms with E-state index in [1.54, 1.807) is 78.0 Å². The minimum atomic E-state index is -1.74. The number of amides is 1. The molecular formula is C26H19FN4O2. The van der Waals surface area contributed by atoms with Gasteiger partial charge in [-0.05, 0) is 35.9 Å². The number of carbonyl (C=O) groups is 2. The highest BCUT2D eigenvalue weighted by Crippen LogP contribution is 2.55. The molecule has 5 rings (SSSR count). The fourth-order valence-corrected chi connectivity index (χ4v) is 5.18. The highest BCUT2D eigenvalue weighted by Gasteiger charge is 2.65. The molecule has 0 unspecified atom stereocenters. The zero-order valence-corrected chi connectivity index (χ0v) is 17.4. The number of fused-ring (bicyclic) bond motifs is 3. The van der Waals surface area contributed by atoms with Gasteiger partial charge in [-0.15, -0.1) is 0 Å². The van der Waals surface area contributed by atoms with E-state index in [9.17, 15) is 19.2 Å². The lowest BCUT2D eigenvalue weighted by molar-refractivity contribution is -0.125. The van der Waals surface area contributed by atoms with Crippen molar-refractivity contribution in [3.8, 4) is 6.07 Å². The van der Waals surface area contributed by atoms with E-state index in [0.717, 1.165) is 0 Å². The molecule has 1 aromatic heterocycles. The molecule has 2 N–H and O–H groups in total. The molecule has 0 aliphatic carbocycles. The third-order valence-electron chi connectivity index (χ3n) is 6.58. The van der Waals surface area contributed by atoms with Crippen LogP contribution in [0.4, 0.5) is 10.1 Å². The third-order valence-corrected chi connectivity index (χ3v) is 6.58. The van der Waals surface area contributed by atoms with Gasteiger partial charge in [-0.1, -0.05) is 42.5 Å². The Morgan fingerprint density at radius 3 is 2.48 bits per heavy atom. The first kappa shape index (κ1) is 20.6. The molecule has 1 amide bonds. The number of hydrogen-bond acceptors (Lipinski definition) is 5. The average molecular weight is 438 g/mol. The Bertz CT molecular complexity index is 1320. The Labute approximate surface area is 189 Å². The number of carbonyl (C=O) groups excluding carboxylic acids is 2. The second-order valence-electron chi connectivity index (χ2n) is 8.19. The van der Waals surface area contributed by atoms with Gasteiger partial charge >= 0.3 is 0 Å². The van der Waals surface area contributed by atoms with E-state index in [4.69, 9.17) is 5.73 Å². The van der Waals surface area contributed by atoms with Crippen molar-refractivity contribution in [2.45, 2.75) is 18.0 Å². The van der Waals surface area contributed by atoms with E-state index >= 15 is 0 Å². The number of primary amides is 1. The predicted molar refractivity (Wildman–Crippen MR) is 120 cm³/mol. The van der Waals surface area contributed by atoms with Crippen molar-refractivity contribution in [2.24, 2.45) is 11.1 Å². The summed E-state index contributed by atoms with van der Waals surface area (Å²) in [6, 6.07) is 16.8. The number of nitrogens with two attached hydrogens (primary N) is 1. The van der Waals surface area contributed by atoms with Crippen LogP contribution in [-0.4, -0.2) is 28.8 Å². The first-order valence-electron chi connectivity index (χ1n) is 10.5. The van der Waals surface area contributed by atoms with Gasteiger partial charge < -0.3 is 10.6 Å². The number of halogens is 1. The van der Waals surface area contributed by atoms with Crippen LogP contribution in [-0.2, 0) is 4.79 Å². The second kappa shape index (κ2) is 7.68. The number of nitriles is 1. The number of anilines is 1. The van der Waals surface area contributed by atoms with Gasteiger partial charge in [0.05, 0.1) is 12.1 Å². The zero-order chi connectivity index (χ0) is 23.2. The van der Waals surface area contributed by atoms with Crippen LogP contribution in [0.1, 0.15) is 27.4 Å². The summed E-state index contributed by atoms with van der Waals surface area (Å²) < 4.78 is 14.0. The predicted octanol–water partition coefficient (Wildman–Crippen LogP) is 3.47. The molecule has 0 saturated carbocycles. The van der Waals surface area contributed by atoms with Crippen molar-refractivity contribution in [1.82, 2.24) is 4.98 Å². The molecule has 2 aliphatic rings. The molecule has 0 spiro atoms. The Kier molecular flexibility index (Phi) is 4.79. The number of rotatable bonds is 4. The smallest absolute Gasteiger partial charge is 0.241 e. The summed E-state index contributed by atoms with van der Waals surface area (Å²) in [5, 5.41) is 10.4. The van der Waals surface area contributed by atoms with Crippen LogP contribution in [0.3, 0.4) is 0 Å². The van der Waals surface area contributed by atoms with Crippen LogP contribution >= 0.6 is 0 Å². The molecule has 1 fully saturated rings. The number of aromatic nitrogens is 1. The second-order valence-corrected chi connectivity index (χ2v) is 8.19. The number of hydrogen-bond donors (Lipinski definition) is 1. The van der Waals surface area contributed by atoms with Crippen LogP contribution in [0, 0.1) is 22.6 Å². The summed E-state index contributed by atoms with van der Waals surface area (Å²) in [5.41, 5.74) is 6.35. The Morgan fingerprint density at radius 2 is 1.82 bits per heavy atom. The SMILES string of the molecule is N#C[C@]1(C(N)=O)[C@H](c2ccncc2)[C@H](C(=O)c2ccccc2)N2c3ccc(F)cc3C=C[C@@H]21. The maximum absolute atomic E-state index is 14.0. The topological polar surface area (TPSA) is 100 Å². The van der Waals surface area contributed by atoms with Crippen molar-refractivity contribution >= 4 is 23.5 Å².